The fraction of sp³-hybridized carbons (Fsp3) is 0.333. The number of rotatable bonds is 3. The third-order valence-corrected chi connectivity index (χ3v) is 1.52. The predicted molar refractivity (Wildman–Crippen MR) is 48.7 cm³/mol. The van der Waals surface area contributed by atoms with Crippen LogP contribution in [0.5, 0.6) is 11.5 Å². The van der Waals surface area contributed by atoms with Crippen molar-refractivity contribution in [3.8, 4) is 11.5 Å². The monoisotopic (exact) mass is 188 g/mol. The minimum atomic E-state index is -2.76. The Bertz CT molecular complexity index is 435. The lowest BCUT2D eigenvalue weighted by Crippen LogP contribution is -2.16. The van der Waals surface area contributed by atoms with Crippen molar-refractivity contribution in [1.29, 1.82) is 0 Å². The Hall–Kier alpha value is -1.26. The molecule has 0 radical (unpaired) electrons. The van der Waals surface area contributed by atoms with Crippen LogP contribution in [-0.2, 0) is 0 Å². The lowest BCUT2D eigenvalue weighted by molar-refractivity contribution is 0.177. The van der Waals surface area contributed by atoms with Gasteiger partial charge in [0.15, 0.2) is 11.5 Å². The lowest BCUT2D eigenvalue weighted by atomic mass is 10.1. The lowest BCUT2D eigenvalue weighted by Gasteiger charge is -2.10. The van der Waals surface area contributed by atoms with Crippen LogP contribution < -0.4 is 5.32 Å². The number of aliphatic hydroxyl groups is 1. The Labute approximate surface area is 83.5 Å². The van der Waals surface area contributed by atoms with Crippen molar-refractivity contribution in [2.45, 2.75) is 6.10 Å². The van der Waals surface area contributed by atoms with Gasteiger partial charge in [0, 0.05) is 13.4 Å². The topological polar surface area (TPSA) is 72.7 Å². The number of phenols is 2. The fourth-order valence-corrected chi connectivity index (χ4v) is 0.862. The predicted octanol–water partition coefficient (Wildman–Crippen LogP) is 0.351. The summed E-state index contributed by atoms with van der Waals surface area (Å²) in [6, 6.07) is 3.21. The van der Waals surface area contributed by atoms with Crippen molar-refractivity contribution in [3.63, 3.8) is 0 Å². The number of hydrogen-bond donors (Lipinski definition) is 4. The first kappa shape index (κ1) is 4.83. The van der Waals surface area contributed by atoms with E-state index in [4.69, 9.17) is 12.0 Å². The second-order valence-corrected chi connectivity index (χ2v) is 2.42. The molecule has 1 unspecified atom stereocenters. The molecule has 4 heteroatoms. The largest absolute Gasteiger partial charge is 0.504 e. The van der Waals surface area contributed by atoms with Gasteiger partial charge in [-0.25, -0.2) is 0 Å². The highest BCUT2D eigenvalue weighted by Gasteiger charge is 2.08. The molecule has 13 heavy (non-hydrogen) atoms. The first-order chi connectivity index (χ1) is 8.03. The molecule has 0 aliphatic rings. The van der Waals surface area contributed by atoms with Crippen molar-refractivity contribution >= 4 is 0 Å². The molecule has 1 atom stereocenters. The molecule has 0 amide bonds. The van der Waals surface area contributed by atoms with E-state index in [0.29, 0.717) is 0 Å². The smallest absolute Gasteiger partial charge is 0.157 e. The number of hydrogen-bond acceptors (Lipinski definition) is 4. The molecule has 0 aliphatic heterocycles. The summed E-state index contributed by atoms with van der Waals surface area (Å²) in [5.41, 5.74) is -0.0629. The van der Waals surface area contributed by atoms with Gasteiger partial charge >= 0.3 is 0 Å². The molecule has 0 aromatic heterocycles. The highest BCUT2D eigenvalue weighted by molar-refractivity contribution is 5.41. The van der Waals surface area contributed by atoms with Gasteiger partial charge in [0.25, 0.3) is 0 Å². The molecule has 0 spiro atoms. The summed E-state index contributed by atoms with van der Waals surface area (Å²) in [5.74, 6) is -0.952. The summed E-state index contributed by atoms with van der Waals surface area (Å²) < 4.78 is 35.6. The van der Waals surface area contributed by atoms with Crippen molar-refractivity contribution < 1.29 is 22.2 Å². The highest BCUT2D eigenvalue weighted by Crippen LogP contribution is 2.27. The number of phenolic OH excluding ortho intramolecular Hbond substituents is 2. The van der Waals surface area contributed by atoms with Gasteiger partial charge < -0.3 is 20.6 Å². The molecular weight excluding hydrogens is 170 g/mol. The standard InChI is InChI=1S/C9H13NO3/c1-10-5-9(13)6-2-3-7(11)8(12)4-6/h2-4,9-13H,5H2,1H3/i1D3,5D2. The van der Waals surface area contributed by atoms with Crippen LogP contribution in [0.4, 0.5) is 0 Å². The van der Waals surface area contributed by atoms with Crippen LogP contribution in [0.1, 0.15) is 18.5 Å². The van der Waals surface area contributed by atoms with Crippen LogP contribution in [0.2, 0.25) is 0 Å². The van der Waals surface area contributed by atoms with Gasteiger partial charge in [0.2, 0.25) is 0 Å². The first-order valence-electron chi connectivity index (χ1n) is 6.02. The summed E-state index contributed by atoms with van der Waals surface area (Å²) >= 11 is 0. The normalized spacial score (nSPS) is 20.5. The van der Waals surface area contributed by atoms with Crippen LogP contribution in [0, 0.1) is 0 Å². The van der Waals surface area contributed by atoms with Crippen LogP contribution in [-0.4, -0.2) is 28.8 Å². The Balaban J connectivity index is 2.98. The van der Waals surface area contributed by atoms with E-state index in [1.165, 1.54) is 6.07 Å². The van der Waals surface area contributed by atoms with Crippen LogP contribution >= 0.6 is 0 Å². The van der Waals surface area contributed by atoms with Gasteiger partial charge in [0.1, 0.15) is 0 Å². The Kier molecular flexibility index (Phi) is 1.53. The van der Waals surface area contributed by atoms with Crippen LogP contribution in [0.15, 0.2) is 18.2 Å². The summed E-state index contributed by atoms with van der Waals surface area (Å²) in [4.78, 5) is 0. The molecule has 72 valence electrons. The third kappa shape index (κ3) is 2.34. The summed E-state index contributed by atoms with van der Waals surface area (Å²) in [7, 11) is 0. The maximum Gasteiger partial charge on any atom is 0.157 e. The zero-order valence-corrected chi connectivity index (χ0v) is 6.65. The fourth-order valence-electron chi connectivity index (χ4n) is 0.862. The molecule has 1 aromatic carbocycles. The van der Waals surface area contributed by atoms with Gasteiger partial charge in [-0.2, -0.15) is 0 Å². The first-order valence-corrected chi connectivity index (χ1v) is 3.52. The van der Waals surface area contributed by atoms with E-state index in [2.05, 4.69) is 0 Å². The summed E-state index contributed by atoms with van der Waals surface area (Å²) in [5, 5.41) is 29.7. The van der Waals surface area contributed by atoms with Crippen molar-refractivity contribution in [2.24, 2.45) is 0 Å². The Morgan fingerprint density at radius 1 is 1.54 bits per heavy atom. The second-order valence-electron chi connectivity index (χ2n) is 2.42. The van der Waals surface area contributed by atoms with Crippen molar-refractivity contribution in [3.05, 3.63) is 23.8 Å². The molecule has 4 nitrogen and oxygen atoms in total. The molecule has 1 rings (SSSR count). The van der Waals surface area contributed by atoms with E-state index in [1.54, 1.807) is 5.32 Å². The van der Waals surface area contributed by atoms with Crippen LogP contribution in [0.25, 0.3) is 0 Å². The molecule has 0 heterocycles. The number of benzene rings is 1. The average molecular weight is 188 g/mol. The van der Waals surface area contributed by atoms with Gasteiger partial charge in [-0.15, -0.1) is 0 Å². The molecule has 4 N–H and O–H groups in total. The number of nitrogens with one attached hydrogen (secondary N) is 1. The molecule has 1 aromatic rings. The Morgan fingerprint density at radius 3 is 2.92 bits per heavy atom. The van der Waals surface area contributed by atoms with E-state index >= 15 is 0 Å². The van der Waals surface area contributed by atoms with Gasteiger partial charge in [-0.1, -0.05) is 6.07 Å². The Morgan fingerprint density at radius 2 is 2.31 bits per heavy atom. The maximum atomic E-state index is 9.75. The second kappa shape index (κ2) is 4.11. The zero-order valence-electron chi connectivity index (χ0n) is 11.7. The molecule has 0 aliphatic carbocycles. The minimum Gasteiger partial charge on any atom is -0.504 e. The van der Waals surface area contributed by atoms with Crippen molar-refractivity contribution in [2.75, 3.05) is 13.5 Å². The number of likely N-dealkylation sites (N-methyl/N-ethyl adjacent to an activating group) is 1. The summed E-state index contributed by atoms with van der Waals surface area (Å²) in [6.45, 7) is -5.38. The number of aliphatic hydroxyl groups excluding tert-OH is 1. The van der Waals surface area contributed by atoms with E-state index in [-0.39, 0.29) is 5.56 Å². The molecule has 0 bridgehead atoms. The zero-order chi connectivity index (χ0) is 14.1. The van der Waals surface area contributed by atoms with Gasteiger partial charge in [0.05, 0.1) is 6.10 Å². The maximum absolute atomic E-state index is 9.75. The van der Waals surface area contributed by atoms with Crippen molar-refractivity contribution in [1.82, 2.24) is 5.32 Å². The molecule has 0 saturated heterocycles. The SMILES string of the molecule is [2H]C([2H])([2H])NC([2H])([2H])C(O)c1ccc(O)c(O)c1. The van der Waals surface area contributed by atoms with Crippen LogP contribution in [0.3, 0.4) is 0 Å². The summed E-state index contributed by atoms with van der Waals surface area (Å²) in [6.07, 6.45) is -1.82. The van der Waals surface area contributed by atoms with E-state index in [0.717, 1.165) is 12.1 Å². The average Bonchev–Trinajstić information content (AvgIpc) is 2.17. The van der Waals surface area contributed by atoms with Gasteiger partial charge in [-0.05, 0) is 24.7 Å². The quantitative estimate of drug-likeness (QED) is 0.516. The minimum absolute atomic E-state index is 0.0629. The van der Waals surface area contributed by atoms with Gasteiger partial charge in [-0.3, -0.25) is 0 Å². The van der Waals surface area contributed by atoms with E-state index < -0.39 is 31.1 Å². The third-order valence-electron chi connectivity index (χ3n) is 1.52. The van der Waals surface area contributed by atoms with E-state index in [9.17, 15) is 10.2 Å². The molecular formula is C9H13NO3. The molecule has 0 saturated carbocycles. The molecule has 0 fully saturated rings. The number of aromatic hydroxyl groups is 2. The highest BCUT2D eigenvalue weighted by atomic mass is 16.3. The van der Waals surface area contributed by atoms with E-state index in [1.807, 2.05) is 0 Å².